The van der Waals surface area contributed by atoms with E-state index in [1.54, 1.807) is 19.4 Å². The molecule has 1 saturated carbocycles. The normalized spacial score (nSPS) is 17.4. The largest absolute Gasteiger partial charge is 0.390 e. The van der Waals surface area contributed by atoms with Gasteiger partial charge in [-0.2, -0.15) is 0 Å². The third-order valence-corrected chi connectivity index (χ3v) is 5.23. The highest BCUT2D eigenvalue weighted by atomic mass is 32.2. The van der Waals surface area contributed by atoms with Crippen molar-refractivity contribution in [3.63, 3.8) is 0 Å². The van der Waals surface area contributed by atoms with Crippen LogP contribution < -0.4 is 4.72 Å². The number of rotatable bonds is 8. The number of aromatic nitrogens is 1. The fourth-order valence-corrected chi connectivity index (χ4v) is 3.69. The van der Waals surface area contributed by atoms with Gasteiger partial charge in [-0.1, -0.05) is 13.8 Å². The number of hydrogen-bond donors (Lipinski definition) is 2. The molecule has 1 atom stereocenters. The molecule has 120 valence electrons. The van der Waals surface area contributed by atoms with Gasteiger partial charge in [-0.15, -0.1) is 0 Å². The van der Waals surface area contributed by atoms with Crippen LogP contribution in [0.3, 0.4) is 0 Å². The minimum atomic E-state index is -3.61. The number of hydrogen-bond acceptors (Lipinski definition) is 4. The molecule has 0 bridgehead atoms. The summed E-state index contributed by atoms with van der Waals surface area (Å²) in [5.41, 5.74) is 0.644. The molecular formula is C14H24N2O4S. The molecule has 7 heteroatoms. The number of aliphatic hydroxyl groups is 1. The SMILES string of the molecule is COCC(NS(=O)(=O)c1cc(CO)n(C2CC2)c1)C(C)C. The maximum absolute atomic E-state index is 12.5. The number of aliphatic hydroxyl groups excluding tert-OH is 1. The highest BCUT2D eigenvalue weighted by Gasteiger charge is 2.29. The summed E-state index contributed by atoms with van der Waals surface area (Å²) in [6, 6.07) is 1.60. The zero-order valence-electron chi connectivity index (χ0n) is 12.7. The summed E-state index contributed by atoms with van der Waals surface area (Å²) >= 11 is 0. The Bertz CT molecular complexity index is 576. The molecule has 1 aliphatic rings. The highest BCUT2D eigenvalue weighted by Crippen LogP contribution is 2.37. The first-order chi connectivity index (χ1) is 9.89. The van der Waals surface area contributed by atoms with Crippen LogP contribution in [0.15, 0.2) is 17.2 Å². The molecule has 1 aromatic heterocycles. The van der Waals surface area contributed by atoms with Crippen LogP contribution in [0.4, 0.5) is 0 Å². The van der Waals surface area contributed by atoms with Crippen LogP contribution in [0.25, 0.3) is 0 Å². The molecule has 2 rings (SSSR count). The smallest absolute Gasteiger partial charge is 0.242 e. The van der Waals surface area contributed by atoms with E-state index in [1.807, 2.05) is 18.4 Å². The highest BCUT2D eigenvalue weighted by molar-refractivity contribution is 7.89. The topological polar surface area (TPSA) is 80.6 Å². The molecule has 1 aliphatic carbocycles. The van der Waals surface area contributed by atoms with Gasteiger partial charge >= 0.3 is 0 Å². The van der Waals surface area contributed by atoms with E-state index >= 15 is 0 Å². The van der Waals surface area contributed by atoms with E-state index in [2.05, 4.69) is 4.72 Å². The number of ether oxygens (including phenoxy) is 1. The van der Waals surface area contributed by atoms with Gasteiger partial charge in [-0.25, -0.2) is 13.1 Å². The Kier molecular flexibility index (Phi) is 5.08. The van der Waals surface area contributed by atoms with Crippen molar-refractivity contribution in [1.29, 1.82) is 0 Å². The van der Waals surface area contributed by atoms with Crippen LogP contribution in [-0.4, -0.2) is 37.8 Å². The summed E-state index contributed by atoms with van der Waals surface area (Å²) in [7, 11) is -2.05. The van der Waals surface area contributed by atoms with E-state index in [0.29, 0.717) is 18.3 Å². The van der Waals surface area contributed by atoms with E-state index < -0.39 is 10.0 Å². The summed E-state index contributed by atoms with van der Waals surface area (Å²) in [5, 5.41) is 9.37. The number of methoxy groups -OCH3 is 1. The average Bonchev–Trinajstić information content (AvgIpc) is 3.16. The van der Waals surface area contributed by atoms with Crippen molar-refractivity contribution in [3.05, 3.63) is 18.0 Å². The minimum absolute atomic E-state index is 0.127. The van der Waals surface area contributed by atoms with E-state index in [4.69, 9.17) is 4.74 Å². The van der Waals surface area contributed by atoms with Crippen molar-refractivity contribution in [2.75, 3.05) is 13.7 Å². The lowest BCUT2D eigenvalue weighted by atomic mass is 10.1. The second-order valence-electron chi connectivity index (χ2n) is 5.89. The summed E-state index contributed by atoms with van der Waals surface area (Å²) in [6.45, 7) is 4.06. The molecule has 0 radical (unpaired) electrons. The minimum Gasteiger partial charge on any atom is -0.390 e. The monoisotopic (exact) mass is 316 g/mol. The van der Waals surface area contributed by atoms with Gasteiger partial charge in [-0.05, 0) is 24.8 Å². The first-order valence-corrected chi connectivity index (χ1v) is 8.70. The molecule has 6 nitrogen and oxygen atoms in total. The van der Waals surface area contributed by atoms with E-state index in [0.717, 1.165) is 12.8 Å². The van der Waals surface area contributed by atoms with Crippen molar-refractivity contribution in [2.45, 2.75) is 50.3 Å². The van der Waals surface area contributed by atoms with Gasteiger partial charge in [0.1, 0.15) is 0 Å². The summed E-state index contributed by atoms with van der Waals surface area (Å²) in [6.07, 6.45) is 3.69. The number of nitrogens with zero attached hydrogens (tertiary/aromatic N) is 1. The first kappa shape index (κ1) is 16.5. The molecule has 2 N–H and O–H groups in total. The number of nitrogens with one attached hydrogen (secondary N) is 1. The van der Waals surface area contributed by atoms with Crippen LogP contribution in [0.1, 0.15) is 38.4 Å². The molecular weight excluding hydrogens is 292 g/mol. The molecule has 0 saturated heterocycles. The Morgan fingerprint density at radius 1 is 1.48 bits per heavy atom. The Hall–Kier alpha value is -0.890. The molecule has 0 amide bonds. The average molecular weight is 316 g/mol. The van der Waals surface area contributed by atoms with Gasteiger partial charge in [0.25, 0.3) is 0 Å². The molecule has 1 heterocycles. The first-order valence-electron chi connectivity index (χ1n) is 7.22. The lowest BCUT2D eigenvalue weighted by molar-refractivity contribution is 0.157. The molecule has 0 aliphatic heterocycles. The van der Waals surface area contributed by atoms with Gasteiger partial charge in [0.05, 0.1) is 18.1 Å². The van der Waals surface area contributed by atoms with Gasteiger partial charge in [0.15, 0.2) is 0 Å². The Morgan fingerprint density at radius 2 is 2.14 bits per heavy atom. The van der Waals surface area contributed by atoms with E-state index in [1.165, 1.54) is 0 Å². The predicted octanol–water partition coefficient (Wildman–Crippen LogP) is 1.26. The molecule has 1 unspecified atom stereocenters. The molecule has 0 spiro atoms. The zero-order chi connectivity index (χ0) is 15.6. The summed E-state index contributed by atoms with van der Waals surface area (Å²) in [5.74, 6) is 0.127. The molecule has 0 aromatic carbocycles. The fourth-order valence-electron chi connectivity index (χ4n) is 2.27. The lowest BCUT2D eigenvalue weighted by Gasteiger charge is -2.20. The standard InChI is InChI=1S/C14H24N2O4S/c1-10(2)14(9-20-3)15-21(18,19)13-6-12(8-17)16(7-13)11-4-5-11/h6-7,10-11,14-15,17H,4-5,8-9H2,1-3H3. The van der Waals surface area contributed by atoms with Crippen molar-refractivity contribution in [1.82, 2.24) is 9.29 Å². The van der Waals surface area contributed by atoms with Gasteiger partial charge < -0.3 is 14.4 Å². The van der Waals surface area contributed by atoms with Gasteiger partial charge in [0, 0.05) is 31.1 Å². The second kappa shape index (κ2) is 6.48. The lowest BCUT2D eigenvalue weighted by Crippen LogP contribution is -2.41. The zero-order valence-corrected chi connectivity index (χ0v) is 13.6. The van der Waals surface area contributed by atoms with Crippen molar-refractivity contribution in [3.8, 4) is 0 Å². The maximum Gasteiger partial charge on any atom is 0.242 e. The quantitative estimate of drug-likeness (QED) is 0.757. The van der Waals surface area contributed by atoms with Crippen LogP contribution >= 0.6 is 0 Å². The summed E-state index contributed by atoms with van der Waals surface area (Å²) < 4.78 is 34.6. The molecule has 1 aromatic rings. The third-order valence-electron chi connectivity index (χ3n) is 3.78. The molecule has 21 heavy (non-hydrogen) atoms. The second-order valence-corrected chi connectivity index (χ2v) is 7.60. The Labute approximate surface area is 126 Å². The Balaban J connectivity index is 2.22. The van der Waals surface area contributed by atoms with Crippen LogP contribution in [0.5, 0.6) is 0 Å². The maximum atomic E-state index is 12.5. The van der Waals surface area contributed by atoms with Gasteiger partial charge in [0.2, 0.25) is 10.0 Å². The van der Waals surface area contributed by atoms with Gasteiger partial charge in [-0.3, -0.25) is 0 Å². The summed E-state index contributed by atoms with van der Waals surface area (Å²) in [4.78, 5) is 0.209. The van der Waals surface area contributed by atoms with Crippen LogP contribution in [0.2, 0.25) is 0 Å². The third kappa shape index (κ3) is 3.85. The predicted molar refractivity (Wildman–Crippen MR) is 79.4 cm³/mol. The van der Waals surface area contributed by atoms with E-state index in [-0.39, 0.29) is 23.5 Å². The van der Waals surface area contributed by atoms with Crippen molar-refractivity contribution < 1.29 is 18.3 Å². The number of sulfonamides is 1. The van der Waals surface area contributed by atoms with E-state index in [9.17, 15) is 13.5 Å². The van der Waals surface area contributed by atoms with Crippen LogP contribution in [-0.2, 0) is 21.4 Å². The van der Waals surface area contributed by atoms with Crippen molar-refractivity contribution >= 4 is 10.0 Å². The Morgan fingerprint density at radius 3 is 2.62 bits per heavy atom. The fraction of sp³-hybridized carbons (Fsp3) is 0.714. The molecule has 1 fully saturated rings. The van der Waals surface area contributed by atoms with Crippen molar-refractivity contribution in [2.24, 2.45) is 5.92 Å². The van der Waals surface area contributed by atoms with Crippen LogP contribution in [0, 0.1) is 5.92 Å².